The first-order valence-corrected chi connectivity index (χ1v) is 4.57. The fraction of sp³-hybridized carbons (Fsp3) is 0.556. The van der Waals surface area contributed by atoms with Gasteiger partial charge >= 0.3 is 12.4 Å². The molecule has 1 aromatic rings. The molecule has 0 aliphatic heterocycles. The molecule has 6 heteroatoms. The Kier molecular flexibility index (Phi) is 5.96. The van der Waals surface area contributed by atoms with Gasteiger partial charge in [-0.25, -0.2) is 0 Å². The second-order valence-corrected chi connectivity index (χ2v) is 3.16. The van der Waals surface area contributed by atoms with Gasteiger partial charge in [0, 0.05) is 0 Å². The molecule has 5 nitrogen and oxygen atoms in total. The van der Waals surface area contributed by atoms with Gasteiger partial charge in [0.15, 0.2) is 7.05 Å². The lowest BCUT2D eigenvalue weighted by Gasteiger charge is -1.97. The number of aromatic nitrogens is 2. The smallest absolute Gasteiger partial charge is 0.372 e. The van der Waals surface area contributed by atoms with E-state index in [0.717, 1.165) is 18.5 Å². The van der Waals surface area contributed by atoms with E-state index in [1.54, 1.807) is 4.68 Å². The van der Waals surface area contributed by atoms with Crippen molar-refractivity contribution in [2.24, 2.45) is 12.8 Å². The Hall–Kier alpha value is -1.07. The van der Waals surface area contributed by atoms with E-state index in [2.05, 4.69) is 0 Å². The van der Waals surface area contributed by atoms with Gasteiger partial charge < -0.3 is 10.5 Å². The van der Waals surface area contributed by atoms with Crippen LogP contribution in [-0.4, -0.2) is 17.7 Å². The Morgan fingerprint density at radius 1 is 1.67 bits per heavy atom. The van der Waals surface area contributed by atoms with Gasteiger partial charge in [0.05, 0.1) is 18.3 Å². The van der Waals surface area contributed by atoms with E-state index >= 15 is 0 Å². The third-order valence-electron chi connectivity index (χ3n) is 2.11. The summed E-state index contributed by atoms with van der Waals surface area (Å²) in [6.45, 7) is 3.82. The quantitative estimate of drug-likeness (QED) is 0.573. The maximum absolute atomic E-state index is 10.2. The Balaban J connectivity index is 0.00000196. The molecule has 0 spiro atoms. The van der Waals surface area contributed by atoms with Crippen LogP contribution in [0.3, 0.4) is 0 Å². The fourth-order valence-electron chi connectivity index (χ4n) is 1.42. The molecule has 0 fully saturated rings. The monoisotopic (exact) mass is 234 g/mol. The van der Waals surface area contributed by atoms with Crippen LogP contribution in [0.4, 0.5) is 0 Å². The first kappa shape index (κ1) is 13.9. The molecule has 1 heterocycles. The summed E-state index contributed by atoms with van der Waals surface area (Å²) in [5.41, 5.74) is 6.36. The molecule has 0 amide bonds. The van der Waals surface area contributed by atoms with E-state index in [0.29, 0.717) is 18.9 Å². The predicted octanol–water partition coefficient (Wildman–Crippen LogP) is -0.0732. The Labute approximate surface area is 95.2 Å². The van der Waals surface area contributed by atoms with E-state index in [9.17, 15) is 4.79 Å². The fourth-order valence-corrected chi connectivity index (χ4v) is 1.42. The van der Waals surface area contributed by atoms with E-state index in [4.69, 9.17) is 10.5 Å². The van der Waals surface area contributed by atoms with Crippen LogP contribution in [0.25, 0.3) is 0 Å². The molecule has 0 bridgehead atoms. The van der Waals surface area contributed by atoms with Crippen molar-refractivity contribution in [1.82, 2.24) is 4.68 Å². The lowest BCUT2D eigenvalue weighted by molar-refractivity contribution is -0.756. The first-order valence-electron chi connectivity index (χ1n) is 4.57. The summed E-state index contributed by atoms with van der Waals surface area (Å²) in [6.07, 6.45) is 2.84. The number of halogens is 1. The van der Waals surface area contributed by atoms with Crippen molar-refractivity contribution in [3.8, 4) is 5.88 Å². The minimum absolute atomic E-state index is 0. The van der Waals surface area contributed by atoms with Crippen LogP contribution >= 0.6 is 12.4 Å². The van der Waals surface area contributed by atoms with Gasteiger partial charge in [-0.05, 0) is 19.9 Å². The molecular formula is C9H17ClN3O2+. The Bertz CT molecular complexity index is 325. The lowest BCUT2D eigenvalue weighted by Crippen LogP contribution is -2.40. The molecule has 2 N–H and O–H groups in total. The zero-order valence-corrected chi connectivity index (χ0v) is 9.79. The SMILES string of the molecule is Cc1cn(CCCN)[n+](C)c1OC=O.Cl. The molecule has 1 aromatic heterocycles. The first-order chi connectivity index (χ1) is 6.70. The van der Waals surface area contributed by atoms with Crippen LogP contribution in [0.1, 0.15) is 12.0 Å². The number of carbonyl (C=O) groups excluding carboxylic acids is 1. The van der Waals surface area contributed by atoms with Crippen LogP contribution in [0.5, 0.6) is 5.88 Å². The van der Waals surface area contributed by atoms with Crippen LogP contribution in [-0.2, 0) is 18.4 Å². The third kappa shape index (κ3) is 3.21. The molecular weight excluding hydrogens is 218 g/mol. The number of rotatable bonds is 5. The summed E-state index contributed by atoms with van der Waals surface area (Å²) < 4.78 is 8.64. The highest BCUT2D eigenvalue weighted by molar-refractivity contribution is 5.85. The van der Waals surface area contributed by atoms with Crippen molar-refractivity contribution in [3.05, 3.63) is 11.8 Å². The number of aryl methyl sites for hydroxylation is 2. The average Bonchev–Trinajstić information content (AvgIpc) is 2.43. The lowest BCUT2D eigenvalue weighted by atomic mass is 10.4. The Morgan fingerprint density at radius 2 is 2.33 bits per heavy atom. The molecule has 0 unspecified atom stereocenters. The number of hydrogen-bond donors (Lipinski definition) is 1. The standard InChI is InChI=1S/C9H16N3O2.ClH/c1-8-6-12(5-3-4-10)11(2)9(8)14-7-13;/h6-7H,3-5,10H2,1-2H3;1H/q+1;. The van der Waals surface area contributed by atoms with E-state index in [1.165, 1.54) is 0 Å². The summed E-state index contributed by atoms with van der Waals surface area (Å²) >= 11 is 0. The summed E-state index contributed by atoms with van der Waals surface area (Å²) in [6, 6.07) is 0. The van der Waals surface area contributed by atoms with Crippen LogP contribution in [0.15, 0.2) is 6.20 Å². The van der Waals surface area contributed by atoms with Crippen molar-refractivity contribution < 1.29 is 14.2 Å². The summed E-state index contributed by atoms with van der Waals surface area (Å²) in [7, 11) is 1.85. The maximum atomic E-state index is 10.2. The molecule has 0 saturated heterocycles. The van der Waals surface area contributed by atoms with Gasteiger partial charge in [-0.2, -0.15) is 4.68 Å². The number of ether oxygens (including phenoxy) is 1. The molecule has 0 atom stereocenters. The van der Waals surface area contributed by atoms with Crippen molar-refractivity contribution in [3.63, 3.8) is 0 Å². The van der Waals surface area contributed by atoms with E-state index < -0.39 is 0 Å². The van der Waals surface area contributed by atoms with Gasteiger partial charge in [0.25, 0.3) is 0 Å². The largest absolute Gasteiger partial charge is 0.403 e. The summed E-state index contributed by atoms with van der Waals surface area (Å²) in [4.78, 5) is 10.2. The minimum Gasteiger partial charge on any atom is -0.372 e. The second kappa shape index (κ2) is 6.42. The molecule has 0 saturated carbocycles. The number of nitrogens with two attached hydrogens (primary N) is 1. The zero-order valence-electron chi connectivity index (χ0n) is 8.97. The second-order valence-electron chi connectivity index (χ2n) is 3.16. The van der Waals surface area contributed by atoms with Crippen molar-refractivity contribution in [2.75, 3.05) is 6.54 Å². The Morgan fingerprint density at radius 3 is 2.87 bits per heavy atom. The molecule has 15 heavy (non-hydrogen) atoms. The maximum Gasteiger partial charge on any atom is 0.403 e. The molecule has 0 aliphatic rings. The number of nitrogens with zero attached hydrogens (tertiary/aromatic N) is 2. The van der Waals surface area contributed by atoms with Gasteiger partial charge in [-0.1, -0.05) is 4.68 Å². The summed E-state index contributed by atoms with van der Waals surface area (Å²) in [5.74, 6) is 0.581. The van der Waals surface area contributed by atoms with E-state index in [1.807, 2.05) is 24.9 Å². The van der Waals surface area contributed by atoms with Crippen LogP contribution in [0.2, 0.25) is 0 Å². The molecule has 0 aliphatic carbocycles. The van der Waals surface area contributed by atoms with Crippen molar-refractivity contribution in [1.29, 1.82) is 0 Å². The predicted molar refractivity (Wildman–Crippen MR) is 58.0 cm³/mol. The highest BCUT2D eigenvalue weighted by Gasteiger charge is 2.18. The molecule has 1 rings (SSSR count). The number of hydrogen-bond acceptors (Lipinski definition) is 3. The van der Waals surface area contributed by atoms with Crippen molar-refractivity contribution >= 4 is 18.9 Å². The third-order valence-corrected chi connectivity index (χ3v) is 2.11. The van der Waals surface area contributed by atoms with Crippen LogP contribution < -0.4 is 15.2 Å². The van der Waals surface area contributed by atoms with E-state index in [-0.39, 0.29) is 12.4 Å². The topological polar surface area (TPSA) is 61.1 Å². The van der Waals surface area contributed by atoms with Crippen LogP contribution in [0, 0.1) is 6.92 Å². The van der Waals surface area contributed by atoms with Crippen molar-refractivity contribution in [2.45, 2.75) is 19.9 Å². The molecule has 0 radical (unpaired) electrons. The van der Waals surface area contributed by atoms with Gasteiger partial charge in [0.1, 0.15) is 0 Å². The summed E-state index contributed by atoms with van der Waals surface area (Å²) in [5, 5.41) is 0. The zero-order chi connectivity index (χ0) is 10.6. The highest BCUT2D eigenvalue weighted by atomic mass is 35.5. The average molecular weight is 235 g/mol. The highest BCUT2D eigenvalue weighted by Crippen LogP contribution is 2.10. The van der Waals surface area contributed by atoms with Gasteiger partial charge in [0.2, 0.25) is 0 Å². The molecule has 0 aromatic carbocycles. The molecule has 86 valence electrons. The van der Waals surface area contributed by atoms with Gasteiger partial charge in [-0.3, -0.25) is 4.79 Å². The normalized spacial score (nSPS) is 9.53. The number of carbonyl (C=O) groups is 1. The van der Waals surface area contributed by atoms with Gasteiger partial charge in [-0.15, -0.1) is 12.4 Å². The minimum atomic E-state index is 0.